The lowest BCUT2D eigenvalue weighted by atomic mass is 10.1. The summed E-state index contributed by atoms with van der Waals surface area (Å²) in [5, 5.41) is 2.74. The first-order chi connectivity index (χ1) is 10.6. The first kappa shape index (κ1) is 14.3. The summed E-state index contributed by atoms with van der Waals surface area (Å²) in [6.45, 7) is 0.192. The quantitative estimate of drug-likeness (QED) is 0.804. The summed E-state index contributed by atoms with van der Waals surface area (Å²) < 4.78 is 15.4. The van der Waals surface area contributed by atoms with Gasteiger partial charge in [0, 0.05) is 19.2 Å². The lowest BCUT2D eigenvalue weighted by molar-refractivity contribution is -0.120. The molecule has 0 radical (unpaired) electrons. The minimum Gasteiger partial charge on any atom is -0.352 e. The second kappa shape index (κ2) is 5.97. The third-order valence-electron chi connectivity index (χ3n) is 3.59. The number of hydrogen-bond acceptors (Lipinski definition) is 2. The van der Waals surface area contributed by atoms with Crippen molar-refractivity contribution < 1.29 is 9.18 Å². The molecule has 0 saturated carbocycles. The molecule has 0 saturated heterocycles. The van der Waals surface area contributed by atoms with Crippen LogP contribution in [0.4, 0.5) is 4.39 Å². The molecule has 0 unspecified atom stereocenters. The van der Waals surface area contributed by atoms with Gasteiger partial charge in [-0.2, -0.15) is 0 Å². The minimum absolute atomic E-state index is 0.140. The predicted octanol–water partition coefficient (Wildman–Crippen LogP) is 2.57. The molecule has 112 valence electrons. The van der Waals surface area contributed by atoms with Crippen LogP contribution < -0.4 is 5.32 Å². The number of nitrogens with one attached hydrogen (secondary N) is 1. The van der Waals surface area contributed by atoms with E-state index < -0.39 is 0 Å². The normalized spacial score (nSPS) is 10.8. The van der Waals surface area contributed by atoms with Crippen molar-refractivity contribution in [2.24, 2.45) is 7.05 Å². The van der Waals surface area contributed by atoms with Crippen LogP contribution in [-0.4, -0.2) is 15.5 Å². The van der Waals surface area contributed by atoms with Crippen molar-refractivity contribution in [3.05, 3.63) is 65.7 Å². The number of carbonyl (C=O) groups excluding carboxylic acids is 1. The molecule has 0 fully saturated rings. The average Bonchev–Trinajstić information content (AvgIpc) is 2.87. The van der Waals surface area contributed by atoms with E-state index in [1.54, 1.807) is 24.5 Å². The number of halogens is 1. The van der Waals surface area contributed by atoms with E-state index in [9.17, 15) is 9.18 Å². The van der Waals surface area contributed by atoms with Crippen LogP contribution in [0.5, 0.6) is 0 Å². The number of rotatable bonds is 4. The van der Waals surface area contributed by atoms with Crippen molar-refractivity contribution in [2.45, 2.75) is 13.0 Å². The molecule has 0 atom stereocenters. The fraction of sp³-hybridized carbons (Fsp3) is 0.176. The smallest absolute Gasteiger partial charge is 0.224 e. The van der Waals surface area contributed by atoms with Crippen molar-refractivity contribution in [1.29, 1.82) is 0 Å². The zero-order valence-corrected chi connectivity index (χ0v) is 12.2. The molecule has 0 bridgehead atoms. The van der Waals surface area contributed by atoms with Crippen LogP contribution >= 0.6 is 0 Å². The molecule has 22 heavy (non-hydrogen) atoms. The molecule has 5 heteroatoms. The van der Waals surface area contributed by atoms with Crippen molar-refractivity contribution in [2.75, 3.05) is 0 Å². The molecule has 0 aliphatic carbocycles. The Balaban J connectivity index is 1.64. The Bertz CT molecular complexity index is 826. The van der Waals surface area contributed by atoms with Crippen LogP contribution in [0.2, 0.25) is 0 Å². The Morgan fingerprint density at radius 3 is 2.91 bits per heavy atom. The summed E-state index contributed by atoms with van der Waals surface area (Å²) >= 11 is 0. The Morgan fingerprint density at radius 2 is 2.09 bits per heavy atom. The SMILES string of the molecule is Cn1cnc2cc(CC(=O)NCc3ccccc3F)ccc21. The van der Waals surface area contributed by atoms with Gasteiger partial charge in [-0.15, -0.1) is 0 Å². The number of carbonyl (C=O) groups is 1. The second-order valence-corrected chi connectivity index (χ2v) is 5.22. The van der Waals surface area contributed by atoms with E-state index in [0.717, 1.165) is 16.6 Å². The number of nitrogens with zero attached hydrogens (tertiary/aromatic N) is 2. The van der Waals surface area contributed by atoms with Crippen molar-refractivity contribution in [3.8, 4) is 0 Å². The average molecular weight is 297 g/mol. The number of aromatic nitrogens is 2. The van der Waals surface area contributed by atoms with Crippen LogP contribution in [0.3, 0.4) is 0 Å². The number of aryl methyl sites for hydroxylation is 1. The van der Waals surface area contributed by atoms with E-state index >= 15 is 0 Å². The fourth-order valence-electron chi connectivity index (χ4n) is 2.38. The standard InChI is InChI=1S/C17H16FN3O/c1-21-11-20-15-8-12(6-7-16(15)21)9-17(22)19-10-13-4-2-3-5-14(13)18/h2-8,11H,9-10H2,1H3,(H,19,22). The molecular weight excluding hydrogens is 281 g/mol. The van der Waals surface area contributed by atoms with Crippen LogP contribution in [-0.2, 0) is 24.8 Å². The van der Waals surface area contributed by atoms with Gasteiger partial charge in [0.05, 0.1) is 23.8 Å². The number of benzene rings is 2. The highest BCUT2D eigenvalue weighted by Crippen LogP contribution is 2.14. The molecule has 3 aromatic rings. The maximum atomic E-state index is 13.5. The van der Waals surface area contributed by atoms with Crippen molar-refractivity contribution >= 4 is 16.9 Å². The monoisotopic (exact) mass is 297 g/mol. The summed E-state index contributed by atoms with van der Waals surface area (Å²) in [6, 6.07) is 12.2. The predicted molar refractivity (Wildman–Crippen MR) is 82.7 cm³/mol. The van der Waals surface area contributed by atoms with E-state index in [4.69, 9.17) is 0 Å². The van der Waals surface area contributed by atoms with Crippen LogP contribution in [0.25, 0.3) is 11.0 Å². The Kier molecular flexibility index (Phi) is 3.87. The van der Waals surface area contributed by atoms with Gasteiger partial charge >= 0.3 is 0 Å². The molecule has 0 spiro atoms. The molecule has 1 N–H and O–H groups in total. The van der Waals surface area contributed by atoms with E-state index in [2.05, 4.69) is 10.3 Å². The lowest BCUT2D eigenvalue weighted by Crippen LogP contribution is -2.25. The molecule has 1 aromatic heterocycles. The molecule has 3 rings (SSSR count). The summed E-state index contributed by atoms with van der Waals surface area (Å²) in [7, 11) is 1.93. The number of imidazole rings is 1. The van der Waals surface area contributed by atoms with Gasteiger partial charge in [0.2, 0.25) is 5.91 Å². The minimum atomic E-state index is -0.308. The molecule has 1 amide bonds. The third kappa shape index (κ3) is 2.98. The zero-order valence-electron chi connectivity index (χ0n) is 12.2. The highest BCUT2D eigenvalue weighted by molar-refractivity contribution is 5.81. The Labute approximate surface area is 127 Å². The molecular formula is C17H16FN3O. The zero-order chi connectivity index (χ0) is 15.5. The molecule has 0 aliphatic rings. The summed E-state index contributed by atoms with van der Waals surface area (Å²) in [4.78, 5) is 16.3. The molecule has 4 nitrogen and oxygen atoms in total. The number of fused-ring (bicyclic) bond motifs is 1. The highest BCUT2D eigenvalue weighted by Gasteiger charge is 2.07. The summed E-state index contributed by atoms with van der Waals surface area (Å²) in [5.74, 6) is -0.448. The molecule has 0 aliphatic heterocycles. The second-order valence-electron chi connectivity index (χ2n) is 5.22. The maximum Gasteiger partial charge on any atom is 0.224 e. The molecule has 2 aromatic carbocycles. The number of hydrogen-bond donors (Lipinski definition) is 1. The van der Waals surface area contributed by atoms with Crippen molar-refractivity contribution in [3.63, 3.8) is 0 Å². The van der Waals surface area contributed by atoms with E-state index in [-0.39, 0.29) is 24.7 Å². The van der Waals surface area contributed by atoms with Crippen LogP contribution in [0, 0.1) is 5.82 Å². The van der Waals surface area contributed by atoms with Gasteiger partial charge in [-0.3, -0.25) is 4.79 Å². The van der Waals surface area contributed by atoms with Crippen LogP contribution in [0.1, 0.15) is 11.1 Å². The summed E-state index contributed by atoms with van der Waals surface area (Å²) in [6.07, 6.45) is 1.99. The Morgan fingerprint density at radius 1 is 1.27 bits per heavy atom. The third-order valence-corrected chi connectivity index (χ3v) is 3.59. The van der Waals surface area contributed by atoms with Crippen LogP contribution in [0.15, 0.2) is 48.8 Å². The van der Waals surface area contributed by atoms with Crippen molar-refractivity contribution in [1.82, 2.24) is 14.9 Å². The van der Waals surface area contributed by atoms with Gasteiger partial charge in [-0.1, -0.05) is 24.3 Å². The lowest BCUT2D eigenvalue weighted by Gasteiger charge is -2.06. The Hall–Kier alpha value is -2.69. The van der Waals surface area contributed by atoms with Gasteiger partial charge in [-0.05, 0) is 23.8 Å². The van der Waals surface area contributed by atoms with Gasteiger partial charge in [0.15, 0.2) is 0 Å². The molecule has 1 heterocycles. The van der Waals surface area contributed by atoms with E-state index in [1.165, 1.54) is 6.07 Å². The summed E-state index contributed by atoms with van der Waals surface area (Å²) in [5.41, 5.74) is 3.26. The first-order valence-corrected chi connectivity index (χ1v) is 7.03. The maximum absolute atomic E-state index is 13.5. The van der Waals surface area contributed by atoms with Gasteiger partial charge < -0.3 is 9.88 Å². The largest absolute Gasteiger partial charge is 0.352 e. The highest BCUT2D eigenvalue weighted by atomic mass is 19.1. The van der Waals surface area contributed by atoms with Gasteiger partial charge in [0.25, 0.3) is 0 Å². The first-order valence-electron chi connectivity index (χ1n) is 7.03. The van der Waals surface area contributed by atoms with E-state index in [1.807, 2.05) is 29.8 Å². The van der Waals surface area contributed by atoms with Gasteiger partial charge in [-0.25, -0.2) is 9.37 Å². The fourth-order valence-corrected chi connectivity index (χ4v) is 2.38. The number of amides is 1. The van der Waals surface area contributed by atoms with E-state index in [0.29, 0.717) is 5.56 Å². The van der Waals surface area contributed by atoms with Gasteiger partial charge in [0.1, 0.15) is 5.82 Å². The topological polar surface area (TPSA) is 46.9 Å².